The summed E-state index contributed by atoms with van der Waals surface area (Å²) < 4.78 is 23.1. The molecule has 0 aliphatic rings. The maximum absolute atomic E-state index is 11.6. The normalized spacial score (nSPS) is 11.6. The summed E-state index contributed by atoms with van der Waals surface area (Å²) in [6, 6.07) is 9.99. The van der Waals surface area contributed by atoms with Crippen molar-refractivity contribution < 1.29 is 8.42 Å². The van der Waals surface area contributed by atoms with E-state index in [9.17, 15) is 8.42 Å². The predicted molar refractivity (Wildman–Crippen MR) is 80.0 cm³/mol. The van der Waals surface area contributed by atoms with Crippen molar-refractivity contribution >= 4 is 44.6 Å². The second-order valence-electron chi connectivity index (χ2n) is 4.01. The molecular weight excluding hydrogens is 327 g/mol. The van der Waals surface area contributed by atoms with Crippen molar-refractivity contribution in [1.82, 2.24) is 0 Å². The molecule has 2 aromatic rings. The van der Waals surface area contributed by atoms with Gasteiger partial charge in [0.1, 0.15) is 0 Å². The second kappa shape index (κ2) is 5.33. The Morgan fingerprint density at radius 1 is 0.842 bits per heavy atom. The van der Waals surface area contributed by atoms with Crippen LogP contribution in [0, 0.1) is 0 Å². The Labute approximate surface area is 126 Å². The van der Waals surface area contributed by atoms with Gasteiger partial charge in [0, 0.05) is 27.4 Å². The van der Waals surface area contributed by atoms with Crippen LogP contribution >= 0.6 is 34.8 Å². The van der Waals surface area contributed by atoms with Crippen molar-refractivity contribution in [2.75, 3.05) is 6.26 Å². The fourth-order valence-electron chi connectivity index (χ4n) is 1.70. The monoisotopic (exact) mass is 334 g/mol. The zero-order valence-corrected chi connectivity index (χ0v) is 12.9. The summed E-state index contributed by atoms with van der Waals surface area (Å²) >= 11 is 18.2. The molecule has 0 amide bonds. The molecule has 0 saturated heterocycles. The zero-order valence-electron chi connectivity index (χ0n) is 9.82. The lowest BCUT2D eigenvalue weighted by Gasteiger charge is -2.10. The average molecular weight is 336 g/mol. The van der Waals surface area contributed by atoms with Gasteiger partial charge in [-0.3, -0.25) is 0 Å². The van der Waals surface area contributed by atoms with Crippen LogP contribution < -0.4 is 0 Å². The molecule has 0 saturated carbocycles. The summed E-state index contributed by atoms with van der Waals surface area (Å²) in [5.41, 5.74) is 1.31. The molecule has 2 nitrogen and oxygen atoms in total. The van der Waals surface area contributed by atoms with Gasteiger partial charge in [0.2, 0.25) is 0 Å². The molecule has 0 aliphatic heterocycles. The number of rotatable bonds is 2. The standard InChI is InChI=1S/C13H9Cl3O2S/c1-19(17,18)13-7-11(15)9(6-12(13)16)8-4-2-3-5-10(8)14/h2-7H,1H3. The molecule has 0 unspecified atom stereocenters. The average Bonchev–Trinajstić information content (AvgIpc) is 2.31. The van der Waals surface area contributed by atoms with E-state index in [1.165, 1.54) is 12.1 Å². The van der Waals surface area contributed by atoms with Gasteiger partial charge in [0.15, 0.2) is 9.84 Å². The number of hydrogen-bond acceptors (Lipinski definition) is 2. The third kappa shape index (κ3) is 3.06. The Morgan fingerprint density at radius 2 is 1.47 bits per heavy atom. The molecule has 0 heterocycles. The van der Waals surface area contributed by atoms with Gasteiger partial charge in [-0.1, -0.05) is 53.0 Å². The van der Waals surface area contributed by atoms with Crippen molar-refractivity contribution in [2.45, 2.75) is 4.90 Å². The van der Waals surface area contributed by atoms with Crippen LogP contribution in [0.2, 0.25) is 15.1 Å². The van der Waals surface area contributed by atoms with Crippen molar-refractivity contribution in [3.8, 4) is 11.1 Å². The lowest BCUT2D eigenvalue weighted by atomic mass is 10.1. The number of halogens is 3. The molecule has 0 radical (unpaired) electrons. The third-order valence-electron chi connectivity index (χ3n) is 2.59. The first-order valence-corrected chi connectivity index (χ1v) is 8.27. The molecule has 0 bridgehead atoms. The molecule has 0 aromatic heterocycles. The van der Waals surface area contributed by atoms with E-state index in [4.69, 9.17) is 34.8 Å². The highest BCUT2D eigenvalue weighted by atomic mass is 35.5. The van der Waals surface area contributed by atoms with Crippen LogP contribution in [0.3, 0.4) is 0 Å². The first-order valence-electron chi connectivity index (χ1n) is 5.24. The Kier molecular flexibility index (Phi) is 4.11. The summed E-state index contributed by atoms with van der Waals surface area (Å²) in [5.74, 6) is 0. The van der Waals surface area contributed by atoms with E-state index in [0.717, 1.165) is 6.26 Å². The Balaban J connectivity index is 2.70. The molecule has 19 heavy (non-hydrogen) atoms. The van der Waals surface area contributed by atoms with Crippen molar-refractivity contribution in [2.24, 2.45) is 0 Å². The van der Waals surface area contributed by atoms with E-state index in [1.54, 1.807) is 18.2 Å². The predicted octanol–water partition coefficient (Wildman–Crippen LogP) is 4.72. The molecule has 2 rings (SSSR count). The Hall–Kier alpha value is -0.740. The van der Waals surface area contributed by atoms with Crippen molar-refractivity contribution in [3.05, 3.63) is 51.5 Å². The summed E-state index contributed by atoms with van der Waals surface area (Å²) in [5, 5.41) is 0.937. The third-order valence-corrected chi connectivity index (χ3v) is 4.79. The molecule has 0 spiro atoms. The minimum absolute atomic E-state index is 0.00923. The van der Waals surface area contributed by atoms with E-state index < -0.39 is 9.84 Å². The molecule has 0 fully saturated rings. The SMILES string of the molecule is CS(=O)(=O)c1cc(Cl)c(-c2ccccc2Cl)cc1Cl. The lowest BCUT2D eigenvalue weighted by molar-refractivity contribution is 0.602. The minimum atomic E-state index is -3.41. The molecule has 100 valence electrons. The minimum Gasteiger partial charge on any atom is -0.224 e. The van der Waals surface area contributed by atoms with Crippen LogP contribution in [-0.4, -0.2) is 14.7 Å². The molecule has 2 aromatic carbocycles. The quantitative estimate of drug-likeness (QED) is 0.796. The van der Waals surface area contributed by atoms with Gasteiger partial charge in [-0.15, -0.1) is 0 Å². The number of benzene rings is 2. The van der Waals surface area contributed by atoms with Crippen LogP contribution in [-0.2, 0) is 9.84 Å². The smallest absolute Gasteiger partial charge is 0.177 e. The van der Waals surface area contributed by atoms with E-state index in [-0.39, 0.29) is 14.9 Å². The van der Waals surface area contributed by atoms with Gasteiger partial charge in [-0.25, -0.2) is 8.42 Å². The number of sulfone groups is 1. The maximum atomic E-state index is 11.6. The maximum Gasteiger partial charge on any atom is 0.177 e. The van der Waals surface area contributed by atoms with E-state index in [0.29, 0.717) is 16.1 Å². The van der Waals surface area contributed by atoms with Gasteiger partial charge >= 0.3 is 0 Å². The van der Waals surface area contributed by atoms with Crippen LogP contribution in [0.25, 0.3) is 11.1 Å². The lowest BCUT2D eigenvalue weighted by Crippen LogP contribution is -1.98. The Bertz CT molecular complexity index is 740. The topological polar surface area (TPSA) is 34.1 Å². The van der Waals surface area contributed by atoms with Gasteiger partial charge in [-0.2, -0.15) is 0 Å². The van der Waals surface area contributed by atoms with Crippen LogP contribution in [0.15, 0.2) is 41.3 Å². The van der Waals surface area contributed by atoms with Crippen molar-refractivity contribution in [3.63, 3.8) is 0 Å². The van der Waals surface area contributed by atoms with Crippen molar-refractivity contribution in [1.29, 1.82) is 0 Å². The zero-order chi connectivity index (χ0) is 14.2. The van der Waals surface area contributed by atoms with E-state index in [1.807, 2.05) is 6.07 Å². The summed E-state index contributed by atoms with van der Waals surface area (Å²) in [6.07, 6.45) is 1.08. The van der Waals surface area contributed by atoms with E-state index >= 15 is 0 Å². The van der Waals surface area contributed by atoms with Crippen LogP contribution in [0.1, 0.15) is 0 Å². The first-order chi connectivity index (χ1) is 8.80. The fourth-order valence-corrected chi connectivity index (χ4v) is 3.60. The second-order valence-corrected chi connectivity index (χ2v) is 7.22. The van der Waals surface area contributed by atoms with E-state index in [2.05, 4.69) is 0 Å². The fraction of sp³-hybridized carbons (Fsp3) is 0.0769. The highest BCUT2D eigenvalue weighted by molar-refractivity contribution is 7.90. The highest BCUT2D eigenvalue weighted by Crippen LogP contribution is 2.37. The van der Waals surface area contributed by atoms with Gasteiger partial charge in [-0.05, 0) is 18.2 Å². The van der Waals surface area contributed by atoms with Crippen LogP contribution in [0.4, 0.5) is 0 Å². The highest BCUT2D eigenvalue weighted by Gasteiger charge is 2.17. The van der Waals surface area contributed by atoms with Gasteiger partial charge in [0.05, 0.1) is 9.92 Å². The molecule has 0 atom stereocenters. The molecule has 0 N–H and O–H groups in total. The summed E-state index contributed by atoms with van der Waals surface area (Å²) in [7, 11) is -3.41. The largest absolute Gasteiger partial charge is 0.224 e. The summed E-state index contributed by atoms with van der Waals surface area (Å²) in [6.45, 7) is 0. The van der Waals surface area contributed by atoms with Gasteiger partial charge in [0.25, 0.3) is 0 Å². The molecular formula is C13H9Cl3O2S. The molecule has 0 aliphatic carbocycles. The number of hydrogen-bond donors (Lipinski definition) is 0. The van der Waals surface area contributed by atoms with Gasteiger partial charge < -0.3 is 0 Å². The first kappa shape index (κ1) is 14.7. The van der Waals surface area contributed by atoms with Crippen LogP contribution in [0.5, 0.6) is 0 Å². The summed E-state index contributed by atoms with van der Waals surface area (Å²) in [4.78, 5) is 0.00923. The Morgan fingerprint density at radius 3 is 2.05 bits per heavy atom. The molecule has 6 heteroatoms.